The van der Waals surface area contributed by atoms with Gasteiger partial charge in [-0.3, -0.25) is 0 Å². The molecule has 1 unspecified atom stereocenters. The third-order valence-corrected chi connectivity index (χ3v) is 3.86. The molecule has 0 fully saturated rings. The molecule has 0 spiro atoms. The van der Waals surface area contributed by atoms with E-state index in [0.717, 1.165) is 30.2 Å². The smallest absolute Gasteiger partial charge is 0.180 e. The summed E-state index contributed by atoms with van der Waals surface area (Å²) in [6.07, 6.45) is 6.90. The predicted molar refractivity (Wildman–Crippen MR) is 67.6 cm³/mol. The average Bonchev–Trinajstić information content (AvgIpc) is 2.76. The number of hydrogen-bond acceptors (Lipinski definition) is 2. The normalized spacial score (nSPS) is 19.3. The molecule has 1 aliphatic rings. The summed E-state index contributed by atoms with van der Waals surface area (Å²) in [7, 11) is 1.71. The minimum atomic E-state index is 0.814. The second-order valence-corrected chi connectivity index (χ2v) is 4.79. The van der Waals surface area contributed by atoms with Crippen LogP contribution in [0.1, 0.15) is 31.2 Å². The van der Waals surface area contributed by atoms with Crippen molar-refractivity contribution in [1.82, 2.24) is 9.38 Å². The van der Waals surface area contributed by atoms with E-state index in [4.69, 9.17) is 9.72 Å². The van der Waals surface area contributed by atoms with Gasteiger partial charge in [0.1, 0.15) is 0 Å². The first-order chi connectivity index (χ1) is 8.33. The number of fused-ring (bicyclic) bond motifs is 3. The van der Waals surface area contributed by atoms with Crippen molar-refractivity contribution in [1.29, 1.82) is 0 Å². The van der Waals surface area contributed by atoms with Crippen LogP contribution in [0.25, 0.3) is 5.65 Å². The lowest BCUT2D eigenvalue weighted by Crippen LogP contribution is -2.14. The van der Waals surface area contributed by atoms with Gasteiger partial charge in [0.2, 0.25) is 0 Å². The number of aromatic nitrogens is 2. The first-order valence-corrected chi connectivity index (χ1v) is 6.36. The Hall–Kier alpha value is -1.51. The number of rotatable bonds is 2. The number of imidazole rings is 1. The third kappa shape index (κ3) is 1.61. The van der Waals surface area contributed by atoms with Gasteiger partial charge < -0.3 is 9.14 Å². The molecule has 0 aromatic carbocycles. The van der Waals surface area contributed by atoms with E-state index >= 15 is 0 Å². The molecule has 2 aromatic rings. The van der Waals surface area contributed by atoms with Crippen molar-refractivity contribution < 1.29 is 4.74 Å². The van der Waals surface area contributed by atoms with Crippen LogP contribution in [0.15, 0.2) is 18.3 Å². The molecular weight excluding hydrogens is 212 g/mol. The van der Waals surface area contributed by atoms with Crippen molar-refractivity contribution in [3.63, 3.8) is 0 Å². The fraction of sp³-hybridized carbons (Fsp3) is 0.500. The van der Waals surface area contributed by atoms with Gasteiger partial charge in [-0.2, -0.15) is 0 Å². The molecule has 2 aromatic heterocycles. The van der Waals surface area contributed by atoms with Gasteiger partial charge in [0, 0.05) is 11.9 Å². The Labute approximate surface area is 101 Å². The number of methoxy groups -OCH3 is 1. The zero-order valence-electron chi connectivity index (χ0n) is 10.4. The predicted octanol–water partition coefficient (Wildman–Crippen LogP) is 2.86. The minimum absolute atomic E-state index is 0.814. The van der Waals surface area contributed by atoms with Crippen LogP contribution in [0.2, 0.25) is 0 Å². The Bertz CT molecular complexity index is 544. The van der Waals surface area contributed by atoms with Crippen LogP contribution in [-0.2, 0) is 12.8 Å². The Morgan fingerprint density at radius 3 is 3.18 bits per heavy atom. The first-order valence-electron chi connectivity index (χ1n) is 6.36. The van der Waals surface area contributed by atoms with Crippen LogP contribution >= 0.6 is 0 Å². The summed E-state index contributed by atoms with van der Waals surface area (Å²) in [6.45, 7) is 2.28. The average molecular weight is 230 g/mol. The molecule has 0 saturated carbocycles. The maximum absolute atomic E-state index is 5.38. The van der Waals surface area contributed by atoms with E-state index < -0.39 is 0 Å². The Morgan fingerprint density at radius 1 is 1.53 bits per heavy atom. The zero-order valence-corrected chi connectivity index (χ0v) is 10.4. The van der Waals surface area contributed by atoms with Crippen molar-refractivity contribution in [2.24, 2.45) is 5.92 Å². The van der Waals surface area contributed by atoms with Crippen molar-refractivity contribution in [2.75, 3.05) is 7.11 Å². The van der Waals surface area contributed by atoms with Crippen LogP contribution in [0.5, 0.6) is 5.75 Å². The highest BCUT2D eigenvalue weighted by atomic mass is 16.5. The maximum Gasteiger partial charge on any atom is 0.180 e. The highest BCUT2D eigenvalue weighted by Gasteiger charge is 2.23. The molecule has 3 heteroatoms. The molecule has 3 nitrogen and oxygen atoms in total. The molecule has 90 valence electrons. The molecule has 0 aliphatic heterocycles. The summed E-state index contributed by atoms with van der Waals surface area (Å²) in [5.74, 6) is 1.68. The summed E-state index contributed by atoms with van der Waals surface area (Å²) < 4.78 is 7.58. The quantitative estimate of drug-likeness (QED) is 0.793. The number of nitrogens with zero attached hydrogens (tertiary/aromatic N) is 2. The Kier molecular flexibility index (Phi) is 2.54. The highest BCUT2D eigenvalue weighted by Crippen LogP contribution is 2.30. The van der Waals surface area contributed by atoms with Gasteiger partial charge in [-0.1, -0.05) is 13.3 Å². The van der Waals surface area contributed by atoms with E-state index in [1.807, 2.05) is 12.1 Å². The summed E-state index contributed by atoms with van der Waals surface area (Å²) in [6, 6.07) is 4.01. The van der Waals surface area contributed by atoms with Crippen LogP contribution in [0.4, 0.5) is 0 Å². The molecule has 0 N–H and O–H groups in total. The molecule has 17 heavy (non-hydrogen) atoms. The monoisotopic (exact) mass is 230 g/mol. The van der Waals surface area contributed by atoms with Gasteiger partial charge in [0.05, 0.1) is 12.8 Å². The number of ether oxygens (including phenoxy) is 1. The summed E-state index contributed by atoms with van der Waals surface area (Å²) in [4.78, 5) is 4.73. The molecule has 3 rings (SSSR count). The summed E-state index contributed by atoms with van der Waals surface area (Å²) in [5.41, 5.74) is 3.62. The van der Waals surface area contributed by atoms with Crippen LogP contribution in [0.3, 0.4) is 0 Å². The van der Waals surface area contributed by atoms with Crippen LogP contribution < -0.4 is 4.74 Å². The van der Waals surface area contributed by atoms with E-state index in [1.54, 1.807) is 7.11 Å². The number of aryl methyl sites for hydroxylation is 1. The Balaban J connectivity index is 2.16. The summed E-state index contributed by atoms with van der Waals surface area (Å²) >= 11 is 0. The van der Waals surface area contributed by atoms with Crippen LogP contribution in [-0.4, -0.2) is 16.5 Å². The summed E-state index contributed by atoms with van der Waals surface area (Å²) in [5, 5.41) is 0. The van der Waals surface area contributed by atoms with Gasteiger partial charge in [-0.15, -0.1) is 0 Å². The van der Waals surface area contributed by atoms with Gasteiger partial charge in [0.25, 0.3) is 0 Å². The van der Waals surface area contributed by atoms with E-state index in [2.05, 4.69) is 17.5 Å². The SMILES string of the molecule is CCC1CCc2nc3c(OC)cccn3c2C1. The molecule has 2 heterocycles. The van der Waals surface area contributed by atoms with Gasteiger partial charge in [0.15, 0.2) is 11.4 Å². The lowest BCUT2D eigenvalue weighted by Gasteiger charge is -2.20. The standard InChI is InChI=1S/C14H18N2O/c1-3-10-6-7-11-12(9-10)16-8-4-5-13(17-2)14(16)15-11/h4-5,8,10H,3,6-7,9H2,1-2H3. The largest absolute Gasteiger partial charge is 0.493 e. The lowest BCUT2D eigenvalue weighted by molar-refractivity contribution is 0.416. The van der Waals surface area contributed by atoms with Gasteiger partial charge in [-0.25, -0.2) is 4.98 Å². The van der Waals surface area contributed by atoms with E-state index in [0.29, 0.717) is 0 Å². The van der Waals surface area contributed by atoms with E-state index in [1.165, 1.54) is 24.2 Å². The molecule has 0 radical (unpaired) electrons. The fourth-order valence-corrected chi connectivity index (χ4v) is 2.78. The van der Waals surface area contributed by atoms with Crippen molar-refractivity contribution >= 4 is 5.65 Å². The minimum Gasteiger partial charge on any atom is -0.493 e. The second kappa shape index (κ2) is 4.06. The maximum atomic E-state index is 5.38. The number of hydrogen-bond donors (Lipinski definition) is 0. The van der Waals surface area contributed by atoms with Crippen molar-refractivity contribution in [2.45, 2.75) is 32.6 Å². The lowest BCUT2D eigenvalue weighted by atomic mass is 9.88. The van der Waals surface area contributed by atoms with Gasteiger partial charge >= 0.3 is 0 Å². The molecular formula is C14H18N2O. The zero-order chi connectivity index (χ0) is 11.8. The van der Waals surface area contributed by atoms with Crippen molar-refractivity contribution in [3.05, 3.63) is 29.7 Å². The van der Waals surface area contributed by atoms with E-state index in [-0.39, 0.29) is 0 Å². The molecule has 0 bridgehead atoms. The van der Waals surface area contributed by atoms with Crippen molar-refractivity contribution in [3.8, 4) is 5.75 Å². The molecule has 0 saturated heterocycles. The topological polar surface area (TPSA) is 26.5 Å². The van der Waals surface area contributed by atoms with E-state index in [9.17, 15) is 0 Å². The molecule has 1 aliphatic carbocycles. The first kappa shape index (κ1) is 10.6. The molecule has 1 atom stereocenters. The fourth-order valence-electron chi connectivity index (χ4n) is 2.78. The van der Waals surface area contributed by atoms with Gasteiger partial charge in [-0.05, 0) is 37.3 Å². The Morgan fingerprint density at radius 2 is 2.41 bits per heavy atom. The number of pyridine rings is 1. The highest BCUT2D eigenvalue weighted by molar-refractivity contribution is 5.56. The second-order valence-electron chi connectivity index (χ2n) is 4.79. The van der Waals surface area contributed by atoms with Crippen LogP contribution in [0, 0.1) is 5.92 Å². The third-order valence-electron chi connectivity index (χ3n) is 3.86. The molecule has 0 amide bonds.